The molecule has 262 valence electrons. The van der Waals surface area contributed by atoms with Gasteiger partial charge in [0.2, 0.25) is 0 Å². The maximum absolute atomic E-state index is 14.4. The zero-order chi connectivity index (χ0) is 34.1. The highest BCUT2D eigenvalue weighted by Gasteiger charge is 2.48. The smallest absolute Gasteiger partial charge is 0.261 e. The Bertz CT molecular complexity index is 1260. The first-order chi connectivity index (χ1) is 23.5. The van der Waals surface area contributed by atoms with Crippen molar-refractivity contribution in [1.82, 2.24) is 9.80 Å². The molecule has 0 saturated carbocycles. The number of benzene rings is 2. The van der Waals surface area contributed by atoms with Crippen molar-refractivity contribution in [3.63, 3.8) is 0 Å². The third kappa shape index (κ3) is 10.9. The fourth-order valence-electron chi connectivity index (χ4n) is 7.15. The van der Waals surface area contributed by atoms with E-state index in [-0.39, 0.29) is 11.8 Å². The SMILES string of the molecule is CCCCCCCCCCCCN1C(=O)C2=C(c3ccc(Br)cc3)N(CCCCCCCCCCCC)C(=O)C2=C1c1ccc(Br)cc1. The van der Waals surface area contributed by atoms with Crippen LogP contribution in [0.25, 0.3) is 11.4 Å². The predicted octanol–water partition coefficient (Wildman–Crippen LogP) is 12.9. The molecule has 4 nitrogen and oxygen atoms in total. The quantitative estimate of drug-likeness (QED) is 0.0995. The molecule has 0 radical (unpaired) electrons. The Hall–Kier alpha value is -2.18. The monoisotopic (exact) mass is 780 g/mol. The van der Waals surface area contributed by atoms with E-state index in [0.717, 1.165) is 57.1 Å². The molecule has 2 amide bonds. The minimum Gasteiger partial charge on any atom is -0.307 e. The third-order valence-corrected chi connectivity index (χ3v) is 10.9. The molecule has 2 aliphatic heterocycles. The lowest BCUT2D eigenvalue weighted by Crippen LogP contribution is -2.31. The molecule has 2 aromatic carbocycles. The Morgan fingerprint density at radius 1 is 0.417 bits per heavy atom. The Balaban J connectivity index is 1.49. The number of rotatable bonds is 24. The largest absolute Gasteiger partial charge is 0.307 e. The number of carbonyl (C=O) groups excluding carboxylic acids is 2. The molecule has 2 aliphatic rings. The zero-order valence-corrected chi connectivity index (χ0v) is 32.8. The van der Waals surface area contributed by atoms with Gasteiger partial charge in [-0.25, -0.2) is 0 Å². The van der Waals surface area contributed by atoms with Crippen LogP contribution in [0.1, 0.15) is 153 Å². The van der Waals surface area contributed by atoms with E-state index < -0.39 is 0 Å². The number of nitrogens with zero attached hydrogens (tertiary/aromatic N) is 2. The molecule has 6 heteroatoms. The van der Waals surface area contributed by atoms with Gasteiger partial charge in [-0.1, -0.05) is 186 Å². The van der Waals surface area contributed by atoms with Crippen LogP contribution in [0.2, 0.25) is 0 Å². The van der Waals surface area contributed by atoms with Crippen molar-refractivity contribution in [1.29, 1.82) is 0 Å². The molecular weight excluding hydrogens is 724 g/mol. The second-order valence-electron chi connectivity index (χ2n) is 13.7. The van der Waals surface area contributed by atoms with Crippen molar-refractivity contribution >= 4 is 55.1 Å². The maximum Gasteiger partial charge on any atom is 0.261 e. The van der Waals surface area contributed by atoms with E-state index >= 15 is 0 Å². The van der Waals surface area contributed by atoms with Crippen molar-refractivity contribution in [2.75, 3.05) is 13.1 Å². The number of halogens is 2. The van der Waals surface area contributed by atoms with Crippen molar-refractivity contribution in [2.45, 2.75) is 142 Å². The van der Waals surface area contributed by atoms with E-state index in [0.29, 0.717) is 24.2 Å². The minimum absolute atomic E-state index is 0.0318. The average molecular weight is 783 g/mol. The molecular formula is C42H58Br2N2O2. The summed E-state index contributed by atoms with van der Waals surface area (Å²) in [5.74, 6) is -0.0635. The summed E-state index contributed by atoms with van der Waals surface area (Å²) in [6.45, 7) is 5.79. The fraction of sp³-hybridized carbons (Fsp3) is 0.571. The first kappa shape index (κ1) is 38.6. The molecule has 0 fully saturated rings. The normalized spacial score (nSPS) is 14.7. The highest BCUT2D eigenvalue weighted by atomic mass is 79.9. The minimum atomic E-state index is -0.0318. The standard InChI is InChI=1S/C42H58Br2N2O2/c1-3-5-7-9-11-13-15-17-19-21-31-45-39(33-23-27-35(43)28-24-33)37-38(41(45)47)40(34-25-29-36(44)30-26-34)46(42(37)48)32-22-20-18-16-14-12-10-8-6-4-2/h23-30H,3-22,31-32H2,1-2H3. The highest BCUT2D eigenvalue weighted by molar-refractivity contribution is 9.10. The fourth-order valence-corrected chi connectivity index (χ4v) is 7.68. The summed E-state index contributed by atoms with van der Waals surface area (Å²) < 4.78 is 1.96. The van der Waals surface area contributed by atoms with E-state index in [1.54, 1.807) is 0 Å². The van der Waals surface area contributed by atoms with Gasteiger partial charge in [0, 0.05) is 22.0 Å². The van der Waals surface area contributed by atoms with Crippen molar-refractivity contribution in [2.24, 2.45) is 0 Å². The van der Waals surface area contributed by atoms with Gasteiger partial charge in [-0.15, -0.1) is 0 Å². The summed E-state index contributed by atoms with van der Waals surface area (Å²) in [4.78, 5) is 32.7. The van der Waals surface area contributed by atoms with Crippen LogP contribution in [-0.4, -0.2) is 34.7 Å². The summed E-state index contributed by atoms with van der Waals surface area (Å²) in [6, 6.07) is 16.2. The number of carbonyl (C=O) groups is 2. The number of amides is 2. The molecule has 0 atom stereocenters. The predicted molar refractivity (Wildman–Crippen MR) is 209 cm³/mol. The molecule has 0 aliphatic carbocycles. The molecule has 0 aromatic heterocycles. The van der Waals surface area contributed by atoms with Crippen molar-refractivity contribution < 1.29 is 9.59 Å². The van der Waals surface area contributed by atoms with Crippen molar-refractivity contribution in [3.05, 3.63) is 79.7 Å². The van der Waals surface area contributed by atoms with Gasteiger partial charge in [0.05, 0.1) is 22.5 Å². The topological polar surface area (TPSA) is 40.6 Å². The van der Waals surface area contributed by atoms with E-state index in [1.807, 2.05) is 58.3 Å². The van der Waals surface area contributed by atoms with Crippen LogP contribution < -0.4 is 0 Å². The second kappa shape index (κ2) is 21.1. The lowest BCUT2D eigenvalue weighted by Gasteiger charge is -2.25. The number of fused-ring (bicyclic) bond motifs is 1. The zero-order valence-electron chi connectivity index (χ0n) is 29.6. The van der Waals surface area contributed by atoms with Crippen LogP contribution in [0.5, 0.6) is 0 Å². The number of hydrogen-bond acceptors (Lipinski definition) is 2. The Kier molecular flexibility index (Phi) is 17.0. The molecule has 2 heterocycles. The van der Waals surface area contributed by atoms with Crippen LogP contribution in [0.4, 0.5) is 0 Å². The summed E-state index contributed by atoms with van der Waals surface area (Å²) >= 11 is 7.15. The summed E-state index contributed by atoms with van der Waals surface area (Å²) in [5, 5.41) is 0. The maximum atomic E-state index is 14.4. The lowest BCUT2D eigenvalue weighted by molar-refractivity contribution is -0.124. The average Bonchev–Trinajstić information content (AvgIpc) is 3.53. The van der Waals surface area contributed by atoms with Crippen molar-refractivity contribution in [3.8, 4) is 0 Å². The summed E-state index contributed by atoms with van der Waals surface area (Å²) in [6.07, 6.45) is 24.9. The van der Waals surface area contributed by atoms with Crippen LogP contribution in [0.15, 0.2) is 68.6 Å². The molecule has 48 heavy (non-hydrogen) atoms. The molecule has 0 spiro atoms. The second-order valence-corrected chi connectivity index (χ2v) is 15.6. The van der Waals surface area contributed by atoms with Gasteiger partial charge >= 0.3 is 0 Å². The summed E-state index contributed by atoms with van der Waals surface area (Å²) in [7, 11) is 0. The van der Waals surface area contributed by atoms with Gasteiger partial charge < -0.3 is 9.80 Å². The summed E-state index contributed by atoms with van der Waals surface area (Å²) in [5.41, 5.74) is 4.58. The van der Waals surface area contributed by atoms with Crippen LogP contribution >= 0.6 is 31.9 Å². The van der Waals surface area contributed by atoms with Crippen LogP contribution in [0.3, 0.4) is 0 Å². The Labute approximate surface area is 308 Å². The Morgan fingerprint density at radius 3 is 0.979 bits per heavy atom. The number of unbranched alkanes of at least 4 members (excludes halogenated alkanes) is 18. The van der Waals surface area contributed by atoms with Gasteiger partial charge in [0.15, 0.2) is 0 Å². The van der Waals surface area contributed by atoms with Crippen LogP contribution in [-0.2, 0) is 9.59 Å². The van der Waals surface area contributed by atoms with E-state index in [9.17, 15) is 9.59 Å². The third-order valence-electron chi connectivity index (χ3n) is 9.89. The molecule has 2 aromatic rings. The first-order valence-corrected chi connectivity index (χ1v) is 20.7. The first-order valence-electron chi connectivity index (χ1n) is 19.1. The molecule has 0 saturated heterocycles. The van der Waals surface area contributed by atoms with E-state index in [2.05, 4.69) is 45.7 Å². The molecule has 0 N–H and O–H groups in total. The molecule has 0 bridgehead atoms. The lowest BCUT2D eigenvalue weighted by atomic mass is 10.0. The van der Waals surface area contributed by atoms with Gasteiger partial charge in [0.25, 0.3) is 11.8 Å². The van der Waals surface area contributed by atoms with Gasteiger partial charge in [-0.05, 0) is 48.2 Å². The molecule has 4 rings (SSSR count). The van der Waals surface area contributed by atoms with Gasteiger partial charge in [0.1, 0.15) is 0 Å². The van der Waals surface area contributed by atoms with Gasteiger partial charge in [-0.2, -0.15) is 0 Å². The Morgan fingerprint density at radius 2 is 0.688 bits per heavy atom. The van der Waals surface area contributed by atoms with E-state index in [4.69, 9.17) is 0 Å². The van der Waals surface area contributed by atoms with E-state index in [1.165, 1.54) is 103 Å². The van der Waals surface area contributed by atoms with Gasteiger partial charge in [-0.3, -0.25) is 9.59 Å². The van der Waals surface area contributed by atoms with Crippen LogP contribution in [0, 0.1) is 0 Å². The highest BCUT2D eigenvalue weighted by Crippen LogP contribution is 2.47. The number of hydrogen-bond donors (Lipinski definition) is 0. The molecule has 0 unspecified atom stereocenters.